The lowest BCUT2D eigenvalue weighted by Crippen LogP contribution is -2.28. The third-order valence-corrected chi connectivity index (χ3v) is 4.46. The van der Waals surface area contributed by atoms with Crippen molar-refractivity contribution in [2.75, 3.05) is 13.1 Å². The van der Waals surface area contributed by atoms with Crippen LogP contribution >= 0.6 is 0 Å². The van der Waals surface area contributed by atoms with Gasteiger partial charge in [-0.25, -0.2) is 0 Å². The molecule has 1 atom stereocenters. The van der Waals surface area contributed by atoms with Crippen molar-refractivity contribution in [2.45, 2.75) is 38.1 Å². The van der Waals surface area contributed by atoms with E-state index in [2.05, 4.69) is 15.4 Å². The highest BCUT2D eigenvalue weighted by atomic mass is 19.4. The molecule has 0 saturated carbocycles. The molecule has 168 valence electrons. The molecule has 0 saturated heterocycles. The highest BCUT2D eigenvalue weighted by Crippen LogP contribution is 2.22. The molecule has 0 heterocycles. The highest BCUT2D eigenvalue weighted by molar-refractivity contribution is 5.94. The average molecular weight is 437 g/mol. The molecule has 2 rings (SSSR count). The minimum absolute atomic E-state index is 0.0515. The molecule has 9 heteroatoms. The maximum absolute atomic E-state index is 12.1. The summed E-state index contributed by atoms with van der Waals surface area (Å²) in [6, 6.07) is 13.6. The molecule has 0 fully saturated rings. The summed E-state index contributed by atoms with van der Waals surface area (Å²) in [5, 5.41) is 5.56. The van der Waals surface area contributed by atoms with Crippen molar-refractivity contribution in [1.29, 1.82) is 0 Å². The molecule has 2 amide bonds. The third-order valence-electron chi connectivity index (χ3n) is 4.46. The largest absolute Gasteiger partial charge is 0.573 e. The summed E-state index contributed by atoms with van der Waals surface area (Å²) in [5.41, 5.74) is 6.92. The summed E-state index contributed by atoms with van der Waals surface area (Å²) in [6.07, 6.45) is -1.91. The SMILES string of the molecule is NC(CCCNC(=O)c1ccccc1)CCCNC(=O)c1ccc(OC(F)(F)F)cc1. The second-order valence-electron chi connectivity index (χ2n) is 6.99. The Morgan fingerprint density at radius 2 is 1.32 bits per heavy atom. The van der Waals surface area contributed by atoms with E-state index in [1.807, 2.05) is 6.07 Å². The van der Waals surface area contributed by atoms with E-state index in [9.17, 15) is 22.8 Å². The Labute approximate surface area is 179 Å². The van der Waals surface area contributed by atoms with Gasteiger partial charge in [0.05, 0.1) is 0 Å². The van der Waals surface area contributed by atoms with Gasteiger partial charge in [-0.15, -0.1) is 13.2 Å². The van der Waals surface area contributed by atoms with Crippen LogP contribution in [0.2, 0.25) is 0 Å². The normalized spacial score (nSPS) is 12.1. The van der Waals surface area contributed by atoms with E-state index in [-0.39, 0.29) is 29.2 Å². The van der Waals surface area contributed by atoms with Crippen LogP contribution in [0.4, 0.5) is 13.2 Å². The van der Waals surface area contributed by atoms with Crippen molar-refractivity contribution in [3.05, 3.63) is 65.7 Å². The van der Waals surface area contributed by atoms with E-state index < -0.39 is 6.36 Å². The molecule has 2 aromatic rings. The maximum Gasteiger partial charge on any atom is 0.573 e. The number of benzene rings is 2. The fraction of sp³-hybridized carbons (Fsp3) is 0.364. The molecular formula is C22H26F3N3O3. The van der Waals surface area contributed by atoms with Crippen LogP contribution in [0, 0.1) is 0 Å². The number of halogens is 3. The van der Waals surface area contributed by atoms with Gasteiger partial charge in [0.25, 0.3) is 11.8 Å². The summed E-state index contributed by atoms with van der Waals surface area (Å²) >= 11 is 0. The number of rotatable bonds is 11. The maximum atomic E-state index is 12.1. The zero-order chi connectivity index (χ0) is 22.7. The lowest BCUT2D eigenvalue weighted by atomic mass is 10.1. The lowest BCUT2D eigenvalue weighted by Gasteiger charge is -2.12. The van der Waals surface area contributed by atoms with Crippen molar-refractivity contribution in [1.82, 2.24) is 10.6 Å². The van der Waals surface area contributed by atoms with Crippen LogP contribution in [0.15, 0.2) is 54.6 Å². The standard InChI is InChI=1S/C22H26F3N3O3/c23-22(24,25)31-19-12-10-17(11-13-19)21(30)28-15-5-9-18(26)8-4-14-27-20(29)16-6-2-1-3-7-16/h1-3,6-7,10-13,18H,4-5,8-9,14-15,26H2,(H,27,29)(H,28,30). The molecule has 31 heavy (non-hydrogen) atoms. The first-order valence-corrected chi connectivity index (χ1v) is 9.97. The van der Waals surface area contributed by atoms with E-state index in [1.54, 1.807) is 24.3 Å². The second kappa shape index (κ2) is 11.9. The number of nitrogens with one attached hydrogen (secondary N) is 2. The van der Waals surface area contributed by atoms with Crippen LogP contribution in [0.25, 0.3) is 0 Å². The van der Waals surface area contributed by atoms with Gasteiger partial charge in [0.1, 0.15) is 5.75 Å². The average Bonchev–Trinajstić information content (AvgIpc) is 2.74. The van der Waals surface area contributed by atoms with E-state index in [1.165, 1.54) is 12.1 Å². The van der Waals surface area contributed by atoms with Crippen molar-refractivity contribution in [3.8, 4) is 5.75 Å². The predicted octanol–water partition coefficient (Wildman–Crippen LogP) is 3.63. The number of carbonyl (C=O) groups is 2. The molecular weight excluding hydrogens is 411 g/mol. The lowest BCUT2D eigenvalue weighted by molar-refractivity contribution is -0.274. The summed E-state index contributed by atoms with van der Waals surface area (Å²) in [6.45, 7) is 0.935. The summed E-state index contributed by atoms with van der Waals surface area (Å²) in [4.78, 5) is 24.0. The van der Waals surface area contributed by atoms with Gasteiger partial charge in [0, 0.05) is 30.3 Å². The highest BCUT2D eigenvalue weighted by Gasteiger charge is 2.31. The van der Waals surface area contributed by atoms with Gasteiger partial charge in [-0.1, -0.05) is 18.2 Å². The van der Waals surface area contributed by atoms with Gasteiger partial charge in [-0.05, 0) is 62.1 Å². The summed E-state index contributed by atoms with van der Waals surface area (Å²) in [7, 11) is 0. The molecule has 0 aromatic heterocycles. The first-order valence-electron chi connectivity index (χ1n) is 9.97. The Hall–Kier alpha value is -3.07. The van der Waals surface area contributed by atoms with Crippen LogP contribution in [0.3, 0.4) is 0 Å². The monoisotopic (exact) mass is 437 g/mol. The van der Waals surface area contributed by atoms with Crippen LogP contribution in [-0.2, 0) is 0 Å². The minimum Gasteiger partial charge on any atom is -0.406 e. The van der Waals surface area contributed by atoms with Crippen LogP contribution in [0.5, 0.6) is 5.75 Å². The Morgan fingerprint density at radius 1 is 0.839 bits per heavy atom. The molecule has 2 aromatic carbocycles. The van der Waals surface area contributed by atoms with E-state index in [0.717, 1.165) is 25.0 Å². The number of ether oxygens (including phenoxy) is 1. The quantitative estimate of drug-likeness (QED) is 0.468. The molecule has 0 spiro atoms. The van der Waals surface area contributed by atoms with Gasteiger partial charge in [0.2, 0.25) is 0 Å². The van der Waals surface area contributed by atoms with Gasteiger partial charge in [0.15, 0.2) is 0 Å². The van der Waals surface area contributed by atoms with Crippen molar-refractivity contribution in [3.63, 3.8) is 0 Å². The molecule has 1 unspecified atom stereocenters. The molecule has 0 bridgehead atoms. The Bertz CT molecular complexity index is 827. The van der Waals surface area contributed by atoms with Crippen LogP contribution in [0.1, 0.15) is 46.4 Å². The molecule has 6 nitrogen and oxygen atoms in total. The van der Waals surface area contributed by atoms with Crippen LogP contribution < -0.4 is 21.1 Å². The number of hydrogen-bond donors (Lipinski definition) is 3. The number of alkyl halides is 3. The first-order chi connectivity index (χ1) is 14.7. The van der Waals surface area contributed by atoms with Gasteiger partial charge in [-0.3, -0.25) is 9.59 Å². The van der Waals surface area contributed by atoms with Crippen molar-refractivity contribution in [2.24, 2.45) is 5.73 Å². The van der Waals surface area contributed by atoms with Gasteiger partial charge < -0.3 is 21.1 Å². The topological polar surface area (TPSA) is 93.5 Å². The zero-order valence-electron chi connectivity index (χ0n) is 17.0. The fourth-order valence-corrected chi connectivity index (χ4v) is 2.88. The number of hydrogen-bond acceptors (Lipinski definition) is 4. The molecule has 0 aliphatic rings. The number of carbonyl (C=O) groups excluding carboxylic acids is 2. The molecule has 0 radical (unpaired) electrons. The minimum atomic E-state index is -4.77. The first kappa shape index (κ1) is 24.2. The number of amides is 2. The summed E-state index contributed by atoms with van der Waals surface area (Å²) < 4.78 is 40.2. The van der Waals surface area contributed by atoms with Gasteiger partial charge >= 0.3 is 6.36 Å². The van der Waals surface area contributed by atoms with Gasteiger partial charge in [-0.2, -0.15) is 0 Å². The third kappa shape index (κ3) is 9.52. The fourth-order valence-electron chi connectivity index (χ4n) is 2.88. The Morgan fingerprint density at radius 3 is 1.81 bits per heavy atom. The van der Waals surface area contributed by atoms with E-state index in [4.69, 9.17) is 5.73 Å². The summed E-state index contributed by atoms with van der Waals surface area (Å²) in [5.74, 6) is -0.874. The van der Waals surface area contributed by atoms with E-state index >= 15 is 0 Å². The van der Waals surface area contributed by atoms with E-state index in [0.29, 0.717) is 31.5 Å². The van der Waals surface area contributed by atoms with Crippen molar-refractivity contribution < 1.29 is 27.5 Å². The Balaban J connectivity index is 1.57. The molecule has 4 N–H and O–H groups in total. The smallest absolute Gasteiger partial charge is 0.406 e. The zero-order valence-corrected chi connectivity index (χ0v) is 17.0. The second-order valence-corrected chi connectivity index (χ2v) is 6.99. The predicted molar refractivity (Wildman–Crippen MR) is 111 cm³/mol. The number of nitrogens with two attached hydrogens (primary N) is 1. The molecule has 0 aliphatic carbocycles. The molecule has 0 aliphatic heterocycles. The van der Waals surface area contributed by atoms with Crippen molar-refractivity contribution >= 4 is 11.8 Å². The van der Waals surface area contributed by atoms with Crippen LogP contribution in [-0.4, -0.2) is 37.3 Å². The Kier molecular flexibility index (Phi) is 9.33.